The van der Waals surface area contributed by atoms with Gasteiger partial charge in [-0.2, -0.15) is 0 Å². The fraction of sp³-hybridized carbons (Fsp3) is 0.143. The van der Waals surface area contributed by atoms with Crippen molar-refractivity contribution in [3.05, 3.63) is 368 Å². The van der Waals surface area contributed by atoms with E-state index in [1.54, 1.807) is 0 Å². The first-order chi connectivity index (χ1) is 57.6. The van der Waals surface area contributed by atoms with Crippen LogP contribution in [0.1, 0.15) is 105 Å². The van der Waals surface area contributed by atoms with Crippen molar-refractivity contribution in [1.29, 1.82) is 0 Å². The monoisotopic (exact) mass is 1530 g/mol. The van der Waals surface area contributed by atoms with E-state index in [-0.39, 0.29) is 28.4 Å². The fourth-order valence-corrected chi connectivity index (χ4v) is 19.8. The third-order valence-corrected chi connectivity index (χ3v) is 25.9. The Morgan fingerprint density at radius 3 is 0.924 bits per heavy atom. The summed E-state index contributed by atoms with van der Waals surface area (Å²) < 4.78 is 10.1. The standard InChI is InChI=1S/C112H93BN6/c1-109(2,3)75-44-53-99(88(61-75)72-34-20-15-21-35-72)119-105-69-82(117-102-56-49-79(114-95-40-26-22-36-84(95)85-37-23-27-41-96(85)114)66-91(102)92-67-80(50-57-103(92)117)115-97-42-28-24-38-86(97)87-39-25-29-43-98(87)115)48-52-94(105)113-93-51-47-81(116-100-54-45-76(110(4,5)6)62-89(100)90-63-77(111(7,8)9)46-55-101(90)116)68-104(93)118(106-64-78(112(10,11)12)65-107(119)108(106)113)83-59-73(70-30-16-13-17-31-70)58-74(60-83)71-32-18-14-19-33-71/h13-69H,1-12H3. The summed E-state index contributed by atoms with van der Waals surface area (Å²) in [6.45, 7) is 28.0. The molecule has 2 aliphatic rings. The molecule has 0 radical (unpaired) electrons. The van der Waals surface area contributed by atoms with Gasteiger partial charge in [-0.15, -0.1) is 0 Å². The summed E-state index contributed by atoms with van der Waals surface area (Å²) in [5, 5.41) is 9.81. The second kappa shape index (κ2) is 26.4. The Balaban J connectivity index is 0.851. The number of rotatable bonds is 9. The van der Waals surface area contributed by atoms with Crippen LogP contribution in [0.5, 0.6) is 0 Å². The maximum absolute atomic E-state index is 2.69. The Labute approximate surface area is 696 Å². The van der Waals surface area contributed by atoms with Crippen LogP contribution in [0.15, 0.2) is 346 Å². The van der Waals surface area contributed by atoms with Crippen molar-refractivity contribution in [3.8, 4) is 56.1 Å². The number of aromatic nitrogens is 4. The van der Waals surface area contributed by atoms with E-state index in [1.807, 2.05) is 0 Å². The van der Waals surface area contributed by atoms with Gasteiger partial charge in [0, 0.05) is 99.8 Å². The lowest BCUT2D eigenvalue weighted by Crippen LogP contribution is -2.61. The zero-order valence-electron chi connectivity index (χ0n) is 69.7. The minimum atomic E-state index is -0.317. The van der Waals surface area contributed by atoms with Gasteiger partial charge in [-0.05, 0) is 240 Å². The Morgan fingerprint density at radius 1 is 0.193 bits per heavy atom. The highest BCUT2D eigenvalue weighted by molar-refractivity contribution is 7.00. The van der Waals surface area contributed by atoms with Crippen LogP contribution in [0.3, 0.4) is 0 Å². The molecule has 0 N–H and O–H groups in total. The number of para-hydroxylation sites is 4. The van der Waals surface area contributed by atoms with Gasteiger partial charge in [0.25, 0.3) is 6.71 Å². The lowest BCUT2D eigenvalue weighted by Gasteiger charge is -2.45. The molecule has 119 heavy (non-hydrogen) atoms. The molecular formula is C112H93BN6. The number of hydrogen-bond acceptors (Lipinski definition) is 2. The Morgan fingerprint density at radius 2 is 0.513 bits per heavy atom. The van der Waals surface area contributed by atoms with E-state index in [0.717, 1.165) is 95.7 Å². The first kappa shape index (κ1) is 71.9. The van der Waals surface area contributed by atoms with Crippen LogP contribution >= 0.6 is 0 Å². The van der Waals surface area contributed by atoms with Crippen molar-refractivity contribution in [2.24, 2.45) is 0 Å². The van der Waals surface area contributed by atoms with Gasteiger partial charge in [0.2, 0.25) is 0 Å². The molecule has 0 fully saturated rings. The molecule has 0 unspecified atom stereocenters. The topological polar surface area (TPSA) is 26.2 Å². The predicted molar refractivity (Wildman–Crippen MR) is 509 cm³/mol. The van der Waals surface area contributed by atoms with Crippen LogP contribution in [0.2, 0.25) is 0 Å². The van der Waals surface area contributed by atoms with Gasteiger partial charge in [-0.1, -0.05) is 277 Å². The van der Waals surface area contributed by atoms with E-state index in [9.17, 15) is 0 Å². The van der Waals surface area contributed by atoms with E-state index >= 15 is 0 Å². The Bertz CT molecular complexity index is 7180. The van der Waals surface area contributed by atoms with Crippen molar-refractivity contribution < 1.29 is 0 Å². The Kier molecular flexibility index (Phi) is 16.0. The smallest absolute Gasteiger partial charge is 0.252 e. The molecule has 7 heteroatoms. The average molecular weight is 1530 g/mol. The minimum absolute atomic E-state index is 0.0603. The van der Waals surface area contributed by atoms with Crippen LogP contribution in [-0.2, 0) is 21.7 Å². The molecule has 0 aliphatic carbocycles. The van der Waals surface area contributed by atoms with Crippen LogP contribution in [-0.4, -0.2) is 25.0 Å². The van der Waals surface area contributed by atoms with E-state index in [4.69, 9.17) is 0 Å². The molecule has 0 saturated carbocycles. The molecule has 6 heterocycles. The first-order valence-corrected chi connectivity index (χ1v) is 42.2. The van der Waals surface area contributed by atoms with Gasteiger partial charge in [-0.3, -0.25) is 0 Å². The molecule has 20 aromatic rings. The lowest BCUT2D eigenvalue weighted by molar-refractivity contribution is 0.590. The van der Waals surface area contributed by atoms with E-state index in [0.29, 0.717) is 0 Å². The maximum Gasteiger partial charge on any atom is 0.252 e. The quantitative estimate of drug-likeness (QED) is 0.135. The molecule has 0 saturated heterocycles. The molecule has 22 rings (SSSR count). The normalized spacial score (nSPS) is 13.2. The van der Waals surface area contributed by atoms with E-state index in [2.05, 4.69) is 457 Å². The van der Waals surface area contributed by atoms with Crippen molar-refractivity contribution in [2.75, 3.05) is 9.80 Å². The molecule has 4 aromatic heterocycles. The first-order valence-electron chi connectivity index (χ1n) is 42.2. The summed E-state index contributed by atoms with van der Waals surface area (Å²) in [4.78, 5) is 5.36. The average Bonchev–Trinajstić information content (AvgIpc) is 0.816. The molecule has 574 valence electrons. The fourth-order valence-electron chi connectivity index (χ4n) is 19.8. The highest BCUT2D eigenvalue weighted by Gasteiger charge is 2.46. The number of nitrogens with zero attached hydrogens (tertiary/aromatic N) is 6. The Hall–Kier alpha value is -13.6. The van der Waals surface area contributed by atoms with Crippen molar-refractivity contribution in [2.45, 2.75) is 105 Å². The van der Waals surface area contributed by atoms with Crippen LogP contribution in [0, 0.1) is 0 Å². The molecule has 0 amide bonds. The number of anilines is 6. The summed E-state index contributed by atoms with van der Waals surface area (Å²) in [7, 11) is 0. The molecule has 0 bridgehead atoms. The highest BCUT2D eigenvalue weighted by Crippen LogP contribution is 2.52. The zero-order valence-corrected chi connectivity index (χ0v) is 69.7. The summed E-state index contributed by atoms with van der Waals surface area (Å²) in [6, 6.07) is 132. The molecule has 0 spiro atoms. The van der Waals surface area contributed by atoms with Crippen molar-refractivity contribution >= 4 is 144 Å². The predicted octanol–water partition coefficient (Wildman–Crippen LogP) is 28.3. The lowest BCUT2D eigenvalue weighted by atomic mass is 9.33. The third kappa shape index (κ3) is 11.4. The number of hydrogen-bond donors (Lipinski definition) is 0. The van der Waals surface area contributed by atoms with Gasteiger partial charge >= 0.3 is 0 Å². The van der Waals surface area contributed by atoms with Crippen LogP contribution in [0.25, 0.3) is 143 Å². The van der Waals surface area contributed by atoms with E-state index in [1.165, 1.54) is 120 Å². The van der Waals surface area contributed by atoms with Crippen LogP contribution in [0.4, 0.5) is 34.1 Å². The summed E-state index contributed by atoms with van der Waals surface area (Å²) in [5.74, 6) is 0. The number of fused-ring (bicyclic) bond motifs is 16. The molecule has 2 aliphatic heterocycles. The molecule has 6 nitrogen and oxygen atoms in total. The van der Waals surface area contributed by atoms with Gasteiger partial charge in [-0.25, -0.2) is 0 Å². The van der Waals surface area contributed by atoms with Gasteiger partial charge in [0.1, 0.15) is 0 Å². The second-order valence-electron chi connectivity index (χ2n) is 37.4. The van der Waals surface area contributed by atoms with E-state index < -0.39 is 0 Å². The highest BCUT2D eigenvalue weighted by atomic mass is 15.2. The molecular weight excluding hydrogens is 1440 g/mol. The maximum atomic E-state index is 2.69. The molecule has 0 atom stereocenters. The molecule has 16 aromatic carbocycles. The van der Waals surface area contributed by atoms with Gasteiger partial charge < -0.3 is 28.1 Å². The summed E-state index contributed by atoms with van der Waals surface area (Å²) >= 11 is 0. The van der Waals surface area contributed by atoms with Crippen LogP contribution < -0.4 is 26.2 Å². The second-order valence-corrected chi connectivity index (χ2v) is 37.4. The third-order valence-electron chi connectivity index (χ3n) is 25.9. The van der Waals surface area contributed by atoms with Gasteiger partial charge in [0.15, 0.2) is 0 Å². The summed E-state index contributed by atoms with van der Waals surface area (Å²) in [6.07, 6.45) is 0. The van der Waals surface area contributed by atoms with Crippen molar-refractivity contribution in [1.82, 2.24) is 18.3 Å². The zero-order chi connectivity index (χ0) is 80.9. The SMILES string of the molecule is CC(C)(C)c1ccc(N2c3cc(-n4c5ccc(-n6c7ccccc7c7ccccc76)cc5c5cc(-n6c7ccccc7c7ccccc76)ccc54)ccc3B3c4ccc(-n5c6ccc(C(C)(C)C)cc6c6cc(C(C)(C)C)ccc65)cc4N(c4cc(-c5ccccc5)cc(-c5ccccc5)c4)c4cc(C(C)(C)C)cc2c43)c(-c2ccccc2)c1. The van der Waals surface area contributed by atoms with Crippen molar-refractivity contribution in [3.63, 3.8) is 0 Å². The minimum Gasteiger partial charge on any atom is -0.311 e. The van der Waals surface area contributed by atoms with Gasteiger partial charge in [0.05, 0.1) is 49.8 Å². The number of benzene rings is 16. The largest absolute Gasteiger partial charge is 0.311 e. The summed E-state index contributed by atoms with van der Waals surface area (Å²) in [5.41, 5.74) is 35.7.